The molecule has 0 saturated heterocycles. The Morgan fingerprint density at radius 3 is 2.45 bits per heavy atom. The standard InChI is InChI=1S/C21H13BrClN3O3/c22-15-9-10-17(13-6-2-1-5-12(13)15)24-11-14-19(27)25-21(29)26(20(14)28)18-8-4-3-7-16(18)23/h1-11,28H,(H,25,27,29). The highest BCUT2D eigenvalue weighted by atomic mass is 79.9. The number of fused-ring (bicyclic) bond motifs is 1. The Morgan fingerprint density at radius 2 is 1.69 bits per heavy atom. The van der Waals surface area contributed by atoms with Crippen molar-refractivity contribution in [3.8, 4) is 11.6 Å². The van der Waals surface area contributed by atoms with E-state index in [4.69, 9.17) is 11.6 Å². The van der Waals surface area contributed by atoms with E-state index in [1.807, 2.05) is 30.3 Å². The van der Waals surface area contributed by atoms with Crippen LogP contribution < -0.4 is 11.2 Å². The molecule has 4 rings (SSSR count). The van der Waals surface area contributed by atoms with E-state index in [1.54, 1.807) is 30.3 Å². The third-order valence-corrected chi connectivity index (χ3v) is 5.41. The van der Waals surface area contributed by atoms with Crippen molar-refractivity contribution < 1.29 is 5.11 Å². The topological polar surface area (TPSA) is 87.5 Å². The zero-order valence-electron chi connectivity index (χ0n) is 14.8. The van der Waals surface area contributed by atoms with E-state index in [2.05, 4.69) is 25.9 Å². The number of halogens is 2. The van der Waals surface area contributed by atoms with E-state index < -0.39 is 17.1 Å². The van der Waals surface area contributed by atoms with Crippen molar-refractivity contribution in [2.75, 3.05) is 0 Å². The number of nitrogens with one attached hydrogen (secondary N) is 1. The van der Waals surface area contributed by atoms with Gasteiger partial charge in [0.15, 0.2) is 0 Å². The van der Waals surface area contributed by atoms with Crippen LogP contribution in [0.25, 0.3) is 16.5 Å². The fourth-order valence-corrected chi connectivity index (χ4v) is 3.70. The van der Waals surface area contributed by atoms with E-state index in [0.29, 0.717) is 5.69 Å². The van der Waals surface area contributed by atoms with Gasteiger partial charge < -0.3 is 5.11 Å². The zero-order chi connectivity index (χ0) is 20.5. The molecule has 0 aliphatic carbocycles. The summed E-state index contributed by atoms with van der Waals surface area (Å²) in [5, 5.41) is 12.7. The van der Waals surface area contributed by atoms with Gasteiger partial charge in [-0.3, -0.25) is 14.8 Å². The number of benzene rings is 3. The molecule has 0 bridgehead atoms. The minimum atomic E-state index is -0.799. The van der Waals surface area contributed by atoms with Gasteiger partial charge in [-0.15, -0.1) is 0 Å². The normalized spacial score (nSPS) is 11.4. The molecule has 6 nitrogen and oxygen atoms in total. The average molecular weight is 471 g/mol. The largest absolute Gasteiger partial charge is 0.493 e. The van der Waals surface area contributed by atoms with Crippen molar-refractivity contribution in [2.24, 2.45) is 4.99 Å². The van der Waals surface area contributed by atoms with Gasteiger partial charge in [-0.05, 0) is 29.7 Å². The van der Waals surface area contributed by atoms with Gasteiger partial charge in [0.1, 0.15) is 5.56 Å². The Labute approximate surface area is 177 Å². The molecule has 0 atom stereocenters. The van der Waals surface area contributed by atoms with Gasteiger partial charge in [0, 0.05) is 16.1 Å². The van der Waals surface area contributed by atoms with Crippen molar-refractivity contribution in [3.63, 3.8) is 0 Å². The first-order valence-corrected chi connectivity index (χ1v) is 9.69. The molecular weight excluding hydrogens is 458 g/mol. The number of aliphatic imine (C=N–C) groups is 1. The highest BCUT2D eigenvalue weighted by Gasteiger charge is 2.16. The quantitative estimate of drug-likeness (QED) is 0.431. The van der Waals surface area contributed by atoms with Gasteiger partial charge in [0.05, 0.1) is 16.4 Å². The fraction of sp³-hybridized carbons (Fsp3) is 0. The molecule has 144 valence electrons. The SMILES string of the molecule is O=c1[nH]c(=O)n(-c2ccccc2Cl)c(O)c1C=Nc1ccc(Br)c2ccccc12. The summed E-state index contributed by atoms with van der Waals surface area (Å²) in [6.07, 6.45) is 1.23. The third-order valence-electron chi connectivity index (χ3n) is 4.39. The smallest absolute Gasteiger partial charge is 0.335 e. The van der Waals surface area contributed by atoms with Crippen LogP contribution in [-0.4, -0.2) is 20.9 Å². The summed E-state index contributed by atoms with van der Waals surface area (Å²) >= 11 is 9.65. The molecule has 3 aromatic carbocycles. The van der Waals surface area contributed by atoms with Crippen LogP contribution in [0.15, 0.2) is 79.7 Å². The van der Waals surface area contributed by atoms with Gasteiger partial charge in [0.2, 0.25) is 5.88 Å². The number of aromatic nitrogens is 2. The number of rotatable bonds is 3. The molecule has 0 spiro atoms. The Hall–Kier alpha value is -3.16. The van der Waals surface area contributed by atoms with Crippen LogP contribution in [0.4, 0.5) is 5.69 Å². The van der Waals surface area contributed by atoms with E-state index in [1.165, 1.54) is 6.21 Å². The lowest BCUT2D eigenvalue weighted by atomic mass is 10.1. The van der Waals surface area contributed by atoms with E-state index in [9.17, 15) is 14.7 Å². The van der Waals surface area contributed by atoms with Crippen LogP contribution in [0.3, 0.4) is 0 Å². The molecule has 0 radical (unpaired) electrons. The summed E-state index contributed by atoms with van der Waals surface area (Å²) in [5.74, 6) is -0.544. The highest BCUT2D eigenvalue weighted by Crippen LogP contribution is 2.32. The summed E-state index contributed by atoms with van der Waals surface area (Å²) < 4.78 is 1.85. The lowest BCUT2D eigenvalue weighted by Gasteiger charge is -2.11. The molecule has 8 heteroatoms. The summed E-state index contributed by atoms with van der Waals surface area (Å²) in [4.78, 5) is 31.2. The summed E-state index contributed by atoms with van der Waals surface area (Å²) in [7, 11) is 0. The lowest BCUT2D eigenvalue weighted by Crippen LogP contribution is -2.31. The molecule has 0 saturated carbocycles. The summed E-state index contributed by atoms with van der Waals surface area (Å²) in [6, 6.07) is 17.8. The van der Waals surface area contributed by atoms with Crippen molar-refractivity contribution in [3.05, 3.63) is 96.6 Å². The number of aromatic hydroxyl groups is 1. The van der Waals surface area contributed by atoms with E-state index in [0.717, 1.165) is 19.8 Å². The number of nitrogens with zero attached hydrogens (tertiary/aromatic N) is 2. The Morgan fingerprint density at radius 1 is 1.00 bits per heavy atom. The molecule has 0 aliphatic heterocycles. The van der Waals surface area contributed by atoms with Crippen LogP contribution in [0.2, 0.25) is 5.02 Å². The number of hydrogen-bond acceptors (Lipinski definition) is 4. The van der Waals surface area contributed by atoms with Crippen LogP contribution >= 0.6 is 27.5 Å². The molecule has 0 fully saturated rings. The van der Waals surface area contributed by atoms with Crippen LogP contribution in [0.1, 0.15) is 5.56 Å². The predicted octanol–water partition coefficient (Wildman–Crippen LogP) is 4.55. The molecule has 2 N–H and O–H groups in total. The van der Waals surface area contributed by atoms with Gasteiger partial charge >= 0.3 is 5.69 Å². The molecule has 0 unspecified atom stereocenters. The molecular formula is C21H13BrClN3O3. The van der Waals surface area contributed by atoms with Gasteiger partial charge in [-0.1, -0.05) is 63.9 Å². The maximum absolute atomic E-state index is 12.3. The van der Waals surface area contributed by atoms with Crippen LogP contribution in [0, 0.1) is 0 Å². The minimum Gasteiger partial charge on any atom is -0.493 e. The van der Waals surface area contributed by atoms with Crippen molar-refractivity contribution in [1.29, 1.82) is 0 Å². The average Bonchev–Trinajstić information content (AvgIpc) is 2.71. The third kappa shape index (κ3) is 3.50. The molecule has 4 aromatic rings. The molecule has 0 aliphatic rings. The fourth-order valence-electron chi connectivity index (χ4n) is 3.00. The van der Waals surface area contributed by atoms with Crippen molar-refractivity contribution >= 4 is 50.2 Å². The maximum atomic E-state index is 12.3. The van der Waals surface area contributed by atoms with E-state index >= 15 is 0 Å². The molecule has 29 heavy (non-hydrogen) atoms. The number of para-hydroxylation sites is 1. The van der Waals surface area contributed by atoms with Gasteiger partial charge in [0.25, 0.3) is 5.56 Å². The first-order chi connectivity index (χ1) is 14.0. The second-order valence-electron chi connectivity index (χ2n) is 6.15. The lowest BCUT2D eigenvalue weighted by molar-refractivity contribution is 0.430. The number of aromatic amines is 1. The first-order valence-electron chi connectivity index (χ1n) is 8.52. The second-order valence-corrected chi connectivity index (χ2v) is 7.42. The Balaban J connectivity index is 1.89. The van der Waals surface area contributed by atoms with Gasteiger partial charge in [-0.25, -0.2) is 9.36 Å². The second kappa shape index (κ2) is 7.69. The Bertz CT molecular complexity index is 1390. The molecule has 1 heterocycles. The molecule has 0 amide bonds. The van der Waals surface area contributed by atoms with Crippen molar-refractivity contribution in [1.82, 2.24) is 9.55 Å². The van der Waals surface area contributed by atoms with E-state index in [-0.39, 0.29) is 16.3 Å². The predicted molar refractivity (Wildman–Crippen MR) is 118 cm³/mol. The van der Waals surface area contributed by atoms with Crippen LogP contribution in [0.5, 0.6) is 5.88 Å². The summed E-state index contributed by atoms with van der Waals surface area (Å²) in [5.41, 5.74) is -0.848. The molecule has 1 aromatic heterocycles. The van der Waals surface area contributed by atoms with Gasteiger partial charge in [-0.2, -0.15) is 0 Å². The van der Waals surface area contributed by atoms with Crippen molar-refractivity contribution in [2.45, 2.75) is 0 Å². The first kappa shape index (κ1) is 19.2. The number of hydrogen-bond donors (Lipinski definition) is 2. The number of H-pyrrole nitrogens is 1. The minimum absolute atomic E-state index is 0.156. The summed E-state index contributed by atoms with van der Waals surface area (Å²) in [6.45, 7) is 0. The van der Waals surface area contributed by atoms with Crippen LogP contribution in [-0.2, 0) is 0 Å². The maximum Gasteiger partial charge on any atom is 0.335 e. The zero-order valence-corrected chi connectivity index (χ0v) is 17.1. The highest BCUT2D eigenvalue weighted by molar-refractivity contribution is 9.10. The monoisotopic (exact) mass is 469 g/mol. The Kier molecular flexibility index (Phi) is 5.08.